The minimum absolute atomic E-state index is 0.0161. The first kappa shape index (κ1) is 16.2. The summed E-state index contributed by atoms with van der Waals surface area (Å²) in [6, 6.07) is 0.627. The number of aromatic nitrogens is 1. The van der Waals surface area contributed by atoms with Crippen molar-refractivity contribution in [3.8, 4) is 0 Å². The van der Waals surface area contributed by atoms with E-state index in [2.05, 4.69) is 17.1 Å². The van der Waals surface area contributed by atoms with E-state index in [-0.39, 0.29) is 10.8 Å². The number of carbonyl (C=O) groups excluding carboxylic acids is 1. The van der Waals surface area contributed by atoms with Gasteiger partial charge in [0.25, 0.3) is 0 Å². The fourth-order valence-electron chi connectivity index (χ4n) is 2.81. The second-order valence-electron chi connectivity index (χ2n) is 5.78. The van der Waals surface area contributed by atoms with Gasteiger partial charge in [0.05, 0.1) is 0 Å². The van der Waals surface area contributed by atoms with Crippen LogP contribution in [0.15, 0.2) is 10.2 Å². The van der Waals surface area contributed by atoms with E-state index in [1.165, 1.54) is 30.6 Å². The number of hydrogen-bond donors (Lipinski definition) is 1. The summed E-state index contributed by atoms with van der Waals surface area (Å²) in [6.07, 6.45) is 4.21. The van der Waals surface area contributed by atoms with Crippen LogP contribution in [0.1, 0.15) is 38.3 Å². The molecule has 118 valence electrons. The molecule has 1 fully saturated rings. The summed E-state index contributed by atoms with van der Waals surface area (Å²) in [5.74, 6) is 0.0252. The fourth-order valence-corrected chi connectivity index (χ4v) is 3.57. The minimum atomic E-state index is 0.0161. The molecule has 2 rings (SSSR count). The molecule has 1 atom stereocenters. The average Bonchev–Trinajstić information content (AvgIpc) is 2.78. The summed E-state index contributed by atoms with van der Waals surface area (Å²) < 4.78 is 1.66. The molecule has 2 heterocycles. The van der Waals surface area contributed by atoms with Crippen LogP contribution in [-0.2, 0) is 11.3 Å². The number of nitrogens with one attached hydrogen (secondary N) is 1. The second kappa shape index (κ2) is 7.75. The Balaban J connectivity index is 1.67. The lowest BCUT2D eigenvalue weighted by Crippen LogP contribution is -2.42. The number of hydrogen-bond acceptors (Lipinski definition) is 4. The topological polar surface area (TPSA) is 54.3 Å². The first-order valence-electron chi connectivity index (χ1n) is 7.73. The third-order valence-corrected chi connectivity index (χ3v) is 5.08. The third kappa shape index (κ3) is 4.68. The zero-order valence-electron chi connectivity index (χ0n) is 12.9. The molecule has 1 aromatic heterocycles. The van der Waals surface area contributed by atoms with E-state index in [4.69, 9.17) is 0 Å². The number of carbonyl (C=O) groups is 1. The molecule has 1 N–H and O–H groups in total. The van der Waals surface area contributed by atoms with Gasteiger partial charge < -0.3 is 9.88 Å². The molecule has 0 aliphatic carbocycles. The molecule has 0 aromatic carbocycles. The summed E-state index contributed by atoms with van der Waals surface area (Å²) in [7, 11) is 0. The molecule has 1 aromatic rings. The van der Waals surface area contributed by atoms with Crippen molar-refractivity contribution >= 4 is 17.2 Å². The lowest BCUT2D eigenvalue weighted by atomic mass is 10.0. The van der Waals surface area contributed by atoms with E-state index in [1.54, 1.807) is 4.57 Å². The van der Waals surface area contributed by atoms with Crippen molar-refractivity contribution in [1.82, 2.24) is 14.8 Å². The first-order valence-corrected chi connectivity index (χ1v) is 8.61. The molecular formula is C15H25N3O2S. The van der Waals surface area contributed by atoms with Gasteiger partial charge in [-0.15, -0.1) is 0 Å². The van der Waals surface area contributed by atoms with E-state index in [9.17, 15) is 9.59 Å². The van der Waals surface area contributed by atoms with Gasteiger partial charge in [0.1, 0.15) is 0 Å². The van der Waals surface area contributed by atoms with E-state index in [0.717, 1.165) is 18.8 Å². The molecule has 0 saturated carbocycles. The predicted molar refractivity (Wildman–Crippen MR) is 85.8 cm³/mol. The lowest BCUT2D eigenvalue weighted by Gasteiger charge is -2.33. The highest BCUT2D eigenvalue weighted by atomic mass is 32.1. The maximum Gasteiger partial charge on any atom is 0.307 e. The number of thiazole rings is 1. The van der Waals surface area contributed by atoms with Gasteiger partial charge in [-0.25, -0.2) is 0 Å². The molecular weight excluding hydrogens is 286 g/mol. The summed E-state index contributed by atoms with van der Waals surface area (Å²) in [4.78, 5) is 25.9. The Bertz CT molecular complexity index is 523. The Kier molecular flexibility index (Phi) is 5.99. The van der Waals surface area contributed by atoms with Crippen molar-refractivity contribution < 1.29 is 4.79 Å². The Labute approximate surface area is 130 Å². The zero-order valence-corrected chi connectivity index (χ0v) is 13.7. The molecule has 1 amide bonds. The highest BCUT2D eigenvalue weighted by molar-refractivity contribution is 7.07. The van der Waals surface area contributed by atoms with Gasteiger partial charge in [-0.3, -0.25) is 14.5 Å². The van der Waals surface area contributed by atoms with Gasteiger partial charge in [0, 0.05) is 43.2 Å². The largest absolute Gasteiger partial charge is 0.355 e. The van der Waals surface area contributed by atoms with Crippen molar-refractivity contribution in [2.75, 3.05) is 19.6 Å². The third-order valence-electron chi connectivity index (χ3n) is 4.20. The Morgan fingerprint density at radius 3 is 2.90 bits per heavy atom. The van der Waals surface area contributed by atoms with E-state index in [1.807, 2.05) is 12.3 Å². The number of piperidine rings is 1. The van der Waals surface area contributed by atoms with Crippen LogP contribution in [0, 0.1) is 6.92 Å². The number of likely N-dealkylation sites (tertiary alicyclic amines) is 1. The Morgan fingerprint density at radius 1 is 1.43 bits per heavy atom. The van der Waals surface area contributed by atoms with Gasteiger partial charge in [-0.2, -0.15) is 0 Å². The lowest BCUT2D eigenvalue weighted by molar-refractivity contribution is -0.121. The van der Waals surface area contributed by atoms with Crippen LogP contribution in [0.3, 0.4) is 0 Å². The quantitative estimate of drug-likeness (QED) is 0.868. The van der Waals surface area contributed by atoms with E-state index >= 15 is 0 Å². The first-order chi connectivity index (χ1) is 10.1. The van der Waals surface area contributed by atoms with Crippen LogP contribution in [0.5, 0.6) is 0 Å². The van der Waals surface area contributed by atoms with Gasteiger partial charge in [-0.1, -0.05) is 17.8 Å². The van der Waals surface area contributed by atoms with Crippen LogP contribution in [-0.4, -0.2) is 41.1 Å². The SMILES string of the molecule is Cc1csc(=O)n1CCC(=O)NCCN1CCCC[C@H]1C. The van der Waals surface area contributed by atoms with Crippen LogP contribution in [0.4, 0.5) is 0 Å². The predicted octanol–water partition coefficient (Wildman–Crippen LogP) is 1.60. The molecule has 1 aliphatic heterocycles. The molecule has 1 aliphatic rings. The average molecular weight is 311 g/mol. The van der Waals surface area contributed by atoms with Crippen LogP contribution in [0.25, 0.3) is 0 Å². The Morgan fingerprint density at radius 2 is 2.24 bits per heavy atom. The van der Waals surface area contributed by atoms with Crippen molar-refractivity contribution in [2.24, 2.45) is 0 Å². The molecule has 0 bridgehead atoms. The molecule has 1 saturated heterocycles. The fraction of sp³-hybridized carbons (Fsp3) is 0.733. The molecule has 6 heteroatoms. The van der Waals surface area contributed by atoms with Crippen LogP contribution in [0.2, 0.25) is 0 Å². The second-order valence-corrected chi connectivity index (χ2v) is 6.60. The standard InChI is InChI=1S/C15H25N3O2S/c1-12-5-3-4-8-17(12)10-7-16-14(19)6-9-18-13(2)11-21-15(18)20/h11-12H,3-10H2,1-2H3,(H,16,19)/t12-/m1/s1. The summed E-state index contributed by atoms with van der Waals surface area (Å²) in [5.41, 5.74) is 0.931. The summed E-state index contributed by atoms with van der Waals surface area (Å²) >= 11 is 1.19. The summed E-state index contributed by atoms with van der Waals surface area (Å²) in [5, 5.41) is 4.79. The summed E-state index contributed by atoms with van der Waals surface area (Å²) in [6.45, 7) is 7.38. The number of aryl methyl sites for hydroxylation is 1. The minimum Gasteiger partial charge on any atom is -0.355 e. The molecule has 0 radical (unpaired) electrons. The molecule has 0 spiro atoms. The maximum atomic E-state index is 11.8. The maximum absolute atomic E-state index is 11.8. The highest BCUT2D eigenvalue weighted by Gasteiger charge is 2.17. The van der Waals surface area contributed by atoms with Gasteiger partial charge in [-0.05, 0) is 33.2 Å². The van der Waals surface area contributed by atoms with Gasteiger partial charge in [0.15, 0.2) is 0 Å². The monoisotopic (exact) mass is 311 g/mol. The van der Waals surface area contributed by atoms with Crippen molar-refractivity contribution in [3.05, 3.63) is 20.7 Å². The van der Waals surface area contributed by atoms with Crippen LogP contribution >= 0.6 is 11.3 Å². The zero-order chi connectivity index (χ0) is 15.2. The molecule has 5 nitrogen and oxygen atoms in total. The van der Waals surface area contributed by atoms with Gasteiger partial charge >= 0.3 is 4.87 Å². The number of nitrogens with zero attached hydrogens (tertiary/aromatic N) is 2. The Hall–Kier alpha value is -1.14. The smallest absolute Gasteiger partial charge is 0.307 e. The molecule has 0 unspecified atom stereocenters. The van der Waals surface area contributed by atoms with E-state index in [0.29, 0.717) is 25.6 Å². The molecule has 21 heavy (non-hydrogen) atoms. The van der Waals surface area contributed by atoms with E-state index < -0.39 is 0 Å². The highest BCUT2D eigenvalue weighted by Crippen LogP contribution is 2.15. The van der Waals surface area contributed by atoms with Crippen molar-refractivity contribution in [2.45, 2.75) is 52.1 Å². The van der Waals surface area contributed by atoms with Crippen molar-refractivity contribution in [1.29, 1.82) is 0 Å². The van der Waals surface area contributed by atoms with Crippen molar-refractivity contribution in [3.63, 3.8) is 0 Å². The number of rotatable bonds is 6. The number of amides is 1. The normalized spacial score (nSPS) is 19.6. The van der Waals surface area contributed by atoms with Crippen LogP contribution < -0.4 is 10.2 Å². The van der Waals surface area contributed by atoms with Gasteiger partial charge in [0.2, 0.25) is 5.91 Å².